The Bertz CT molecular complexity index is 1050. The molecule has 0 unspecified atom stereocenters. The van der Waals surface area contributed by atoms with E-state index in [-0.39, 0.29) is 24.1 Å². The van der Waals surface area contributed by atoms with Gasteiger partial charge < -0.3 is 10.1 Å². The maximum Gasteiger partial charge on any atom is 0.336 e. The topological polar surface area (TPSA) is 77.0 Å². The first kappa shape index (κ1) is 19.4. The Balaban J connectivity index is 1.17. The van der Waals surface area contributed by atoms with E-state index in [1.165, 1.54) is 19.3 Å². The lowest BCUT2D eigenvalue weighted by molar-refractivity contribution is -0.129. The van der Waals surface area contributed by atoms with Crippen LogP contribution in [-0.2, 0) is 4.79 Å². The normalized spacial score (nSPS) is 28.6. The Morgan fingerprint density at radius 1 is 0.968 bits per heavy atom. The second-order valence-corrected chi connectivity index (χ2v) is 11.2. The van der Waals surface area contributed by atoms with E-state index in [1.807, 2.05) is 35.0 Å². The molecule has 4 saturated carbocycles. The summed E-state index contributed by atoms with van der Waals surface area (Å²) in [4.78, 5) is 19.4. The number of ether oxygens (including phenoxy) is 1. The molecule has 4 fully saturated rings. The van der Waals surface area contributed by atoms with Crippen molar-refractivity contribution in [2.24, 2.45) is 17.8 Å². The number of rotatable bonds is 6. The average Bonchev–Trinajstić information content (AvgIpc) is 3.45. The minimum absolute atomic E-state index is 0.0144. The highest BCUT2D eigenvalue weighted by molar-refractivity contribution is 7.14. The number of carbonyl (C=O) groups excluding carboxylic acids is 1. The summed E-state index contributed by atoms with van der Waals surface area (Å²) in [6.07, 6.45) is 7.44. The molecule has 8 heteroatoms. The van der Waals surface area contributed by atoms with Crippen LogP contribution in [0.4, 0.5) is 0 Å². The van der Waals surface area contributed by atoms with Gasteiger partial charge >= 0.3 is 6.01 Å². The predicted octanol–water partition coefficient (Wildman–Crippen LogP) is 4.79. The second-order valence-electron chi connectivity index (χ2n) is 9.28. The minimum atomic E-state index is -0.0782. The average molecular weight is 453 g/mol. The van der Waals surface area contributed by atoms with E-state index >= 15 is 0 Å². The number of amides is 1. The molecule has 6 nitrogen and oxygen atoms in total. The third-order valence-corrected chi connectivity index (χ3v) is 8.70. The number of aromatic nitrogens is 3. The summed E-state index contributed by atoms with van der Waals surface area (Å²) in [7, 11) is 0. The molecule has 0 atom stereocenters. The Labute approximate surface area is 189 Å². The zero-order valence-corrected chi connectivity index (χ0v) is 18.8. The van der Waals surface area contributed by atoms with Crippen molar-refractivity contribution in [3.63, 3.8) is 0 Å². The van der Waals surface area contributed by atoms with Crippen molar-refractivity contribution in [3.05, 3.63) is 35.0 Å². The highest BCUT2D eigenvalue weighted by Gasteiger charge is 2.51. The van der Waals surface area contributed by atoms with Crippen LogP contribution in [-0.4, -0.2) is 33.2 Å². The molecule has 7 rings (SSSR count). The third kappa shape index (κ3) is 3.76. The fourth-order valence-corrected chi connectivity index (χ4v) is 7.69. The number of thiophene rings is 2. The number of nitrogens with zero attached hydrogens (tertiary/aromatic N) is 3. The molecule has 31 heavy (non-hydrogen) atoms. The van der Waals surface area contributed by atoms with Crippen LogP contribution in [0.2, 0.25) is 0 Å². The molecule has 0 aromatic carbocycles. The first-order chi connectivity index (χ1) is 15.2. The molecule has 4 bridgehead atoms. The van der Waals surface area contributed by atoms with Gasteiger partial charge in [-0.25, -0.2) is 0 Å². The van der Waals surface area contributed by atoms with E-state index in [0.717, 1.165) is 58.2 Å². The summed E-state index contributed by atoms with van der Waals surface area (Å²) in [6, 6.07) is 8.13. The van der Waals surface area contributed by atoms with Crippen LogP contribution in [0, 0.1) is 17.8 Å². The van der Waals surface area contributed by atoms with E-state index in [2.05, 4.69) is 20.5 Å². The fourth-order valence-electron chi connectivity index (χ4n) is 6.26. The van der Waals surface area contributed by atoms with Gasteiger partial charge in [-0.05, 0) is 79.2 Å². The van der Waals surface area contributed by atoms with Crippen LogP contribution < -0.4 is 10.1 Å². The Kier molecular flexibility index (Phi) is 4.79. The molecule has 160 valence electrons. The van der Waals surface area contributed by atoms with Gasteiger partial charge in [0.15, 0.2) is 6.61 Å². The van der Waals surface area contributed by atoms with Gasteiger partial charge in [0.1, 0.15) is 11.4 Å². The molecule has 1 N–H and O–H groups in total. The van der Waals surface area contributed by atoms with Crippen molar-refractivity contribution in [2.75, 3.05) is 6.61 Å². The number of nitrogens with one attached hydrogen (secondary N) is 1. The highest BCUT2D eigenvalue weighted by Crippen LogP contribution is 2.55. The van der Waals surface area contributed by atoms with Crippen molar-refractivity contribution in [1.29, 1.82) is 0 Å². The summed E-state index contributed by atoms with van der Waals surface area (Å²) in [5, 5.41) is 15.9. The maximum absolute atomic E-state index is 12.8. The zero-order chi connectivity index (χ0) is 20.8. The van der Waals surface area contributed by atoms with Crippen molar-refractivity contribution < 1.29 is 9.53 Å². The van der Waals surface area contributed by atoms with Crippen molar-refractivity contribution in [1.82, 2.24) is 20.5 Å². The lowest BCUT2D eigenvalue weighted by Crippen LogP contribution is -2.60. The van der Waals surface area contributed by atoms with Crippen LogP contribution in [0.3, 0.4) is 0 Å². The summed E-state index contributed by atoms with van der Waals surface area (Å²) in [5.41, 5.74) is 1.46. The van der Waals surface area contributed by atoms with Crippen molar-refractivity contribution in [3.8, 4) is 27.2 Å². The molecule has 0 spiro atoms. The molecule has 0 saturated heterocycles. The van der Waals surface area contributed by atoms with Gasteiger partial charge in [0.2, 0.25) is 0 Å². The van der Waals surface area contributed by atoms with Gasteiger partial charge in [-0.3, -0.25) is 4.79 Å². The SMILES string of the molecule is O=C(COc1nnc(-c2cccs2)c(-c2cccs2)n1)NC12CC3CC(CC(C3)C1)C2. The molecule has 4 aliphatic carbocycles. The monoisotopic (exact) mass is 452 g/mol. The van der Waals surface area contributed by atoms with E-state index < -0.39 is 0 Å². The van der Waals surface area contributed by atoms with E-state index in [9.17, 15) is 4.79 Å². The largest absolute Gasteiger partial charge is 0.452 e. The van der Waals surface area contributed by atoms with Crippen LogP contribution >= 0.6 is 22.7 Å². The van der Waals surface area contributed by atoms with E-state index in [0.29, 0.717) is 0 Å². The Hall–Kier alpha value is -2.32. The summed E-state index contributed by atoms with van der Waals surface area (Å²) < 4.78 is 5.70. The quantitative estimate of drug-likeness (QED) is 0.582. The number of hydrogen-bond donors (Lipinski definition) is 1. The molecule has 4 aliphatic rings. The van der Waals surface area contributed by atoms with Gasteiger partial charge in [-0.15, -0.1) is 27.8 Å². The molecule has 3 aromatic heterocycles. The molecule has 1 amide bonds. The maximum atomic E-state index is 12.8. The molecule has 0 aliphatic heterocycles. The summed E-state index contributed by atoms with van der Waals surface area (Å²) in [5.74, 6) is 2.29. The minimum Gasteiger partial charge on any atom is -0.452 e. The number of carbonyl (C=O) groups is 1. The van der Waals surface area contributed by atoms with E-state index in [1.54, 1.807) is 22.7 Å². The van der Waals surface area contributed by atoms with Gasteiger partial charge in [-0.1, -0.05) is 17.2 Å². The lowest BCUT2D eigenvalue weighted by atomic mass is 9.53. The first-order valence-corrected chi connectivity index (χ1v) is 12.7. The van der Waals surface area contributed by atoms with Crippen molar-refractivity contribution in [2.45, 2.75) is 44.1 Å². The number of hydrogen-bond acceptors (Lipinski definition) is 7. The molecule has 3 aromatic rings. The third-order valence-electron chi connectivity index (χ3n) is 6.95. The summed E-state index contributed by atoms with van der Waals surface area (Å²) >= 11 is 3.20. The lowest BCUT2D eigenvalue weighted by Gasteiger charge is -2.56. The predicted molar refractivity (Wildman–Crippen MR) is 121 cm³/mol. The van der Waals surface area contributed by atoms with Crippen LogP contribution in [0.25, 0.3) is 21.1 Å². The highest BCUT2D eigenvalue weighted by atomic mass is 32.1. The van der Waals surface area contributed by atoms with Crippen molar-refractivity contribution >= 4 is 28.6 Å². The van der Waals surface area contributed by atoms with Gasteiger partial charge in [0, 0.05) is 5.54 Å². The van der Waals surface area contributed by atoms with Crippen LogP contribution in [0.15, 0.2) is 35.0 Å². The summed E-state index contributed by atoms with van der Waals surface area (Å²) in [6.45, 7) is -0.0777. The van der Waals surface area contributed by atoms with Gasteiger partial charge in [-0.2, -0.15) is 4.98 Å². The first-order valence-electron chi connectivity index (χ1n) is 10.9. The molecular formula is C23H24N4O2S2. The van der Waals surface area contributed by atoms with Gasteiger partial charge in [0.25, 0.3) is 5.91 Å². The molecule has 3 heterocycles. The molecular weight excluding hydrogens is 428 g/mol. The smallest absolute Gasteiger partial charge is 0.336 e. The standard InChI is InChI=1S/C23H24N4O2S2/c28-19(25-23-10-14-7-15(11-23)9-16(8-14)12-23)13-29-22-24-20(17-3-1-5-30-17)21(26-27-22)18-4-2-6-31-18/h1-6,14-16H,7-13H2,(H,25,28). The second kappa shape index (κ2) is 7.67. The Morgan fingerprint density at radius 2 is 1.58 bits per heavy atom. The fraction of sp³-hybridized carbons (Fsp3) is 0.478. The molecule has 0 radical (unpaired) electrons. The van der Waals surface area contributed by atoms with Crippen LogP contribution in [0.5, 0.6) is 6.01 Å². The van der Waals surface area contributed by atoms with Crippen LogP contribution in [0.1, 0.15) is 38.5 Å². The zero-order valence-electron chi connectivity index (χ0n) is 17.1. The van der Waals surface area contributed by atoms with E-state index in [4.69, 9.17) is 4.74 Å². The van der Waals surface area contributed by atoms with Gasteiger partial charge in [0.05, 0.1) is 9.75 Å². The Morgan fingerprint density at radius 3 is 2.16 bits per heavy atom.